The highest BCUT2D eigenvalue weighted by atomic mass is 32.2. The second-order valence-corrected chi connectivity index (χ2v) is 4.35. The Hall–Kier alpha value is -0.950. The molecule has 0 aliphatic heterocycles. The van der Waals surface area contributed by atoms with E-state index in [1.807, 2.05) is 6.92 Å². The SMILES string of the molecule is Cc1nonc1CSc1nncs1. The Morgan fingerprint density at radius 1 is 1.54 bits per heavy atom. The Kier molecular flexibility index (Phi) is 2.55. The Labute approximate surface area is 82.5 Å². The number of nitrogens with zero attached hydrogens (tertiary/aromatic N) is 4. The van der Waals surface area contributed by atoms with Gasteiger partial charge in [0.25, 0.3) is 0 Å². The molecule has 13 heavy (non-hydrogen) atoms. The van der Waals surface area contributed by atoms with E-state index in [2.05, 4.69) is 25.1 Å². The molecule has 0 amide bonds. The second kappa shape index (κ2) is 3.84. The van der Waals surface area contributed by atoms with E-state index >= 15 is 0 Å². The van der Waals surface area contributed by atoms with Crippen LogP contribution < -0.4 is 0 Å². The molecule has 0 saturated carbocycles. The lowest BCUT2D eigenvalue weighted by Gasteiger charge is -1.90. The number of aromatic nitrogens is 4. The molecule has 0 spiro atoms. The van der Waals surface area contributed by atoms with Crippen molar-refractivity contribution in [2.45, 2.75) is 17.0 Å². The lowest BCUT2D eigenvalue weighted by atomic mass is 10.4. The zero-order chi connectivity index (χ0) is 9.10. The van der Waals surface area contributed by atoms with Gasteiger partial charge in [-0.1, -0.05) is 33.4 Å². The van der Waals surface area contributed by atoms with Gasteiger partial charge in [-0.05, 0) is 6.92 Å². The van der Waals surface area contributed by atoms with Crippen LogP contribution in [0, 0.1) is 6.92 Å². The maximum Gasteiger partial charge on any atom is 0.174 e. The van der Waals surface area contributed by atoms with Crippen molar-refractivity contribution in [2.75, 3.05) is 0 Å². The van der Waals surface area contributed by atoms with E-state index in [0.29, 0.717) is 0 Å². The maximum absolute atomic E-state index is 4.57. The smallest absolute Gasteiger partial charge is 0.174 e. The highest BCUT2D eigenvalue weighted by molar-refractivity contribution is 8.00. The van der Waals surface area contributed by atoms with E-state index in [0.717, 1.165) is 21.5 Å². The third-order valence-electron chi connectivity index (χ3n) is 1.42. The minimum atomic E-state index is 0.727. The molecule has 2 rings (SSSR count). The van der Waals surface area contributed by atoms with Crippen molar-refractivity contribution in [1.29, 1.82) is 0 Å². The normalized spacial score (nSPS) is 10.5. The fourth-order valence-electron chi connectivity index (χ4n) is 0.736. The molecule has 0 bridgehead atoms. The Morgan fingerprint density at radius 3 is 3.08 bits per heavy atom. The summed E-state index contributed by atoms with van der Waals surface area (Å²) in [5.74, 6) is 0.727. The molecule has 5 nitrogen and oxygen atoms in total. The molecule has 2 aromatic heterocycles. The van der Waals surface area contributed by atoms with Gasteiger partial charge < -0.3 is 0 Å². The Morgan fingerprint density at radius 2 is 2.46 bits per heavy atom. The van der Waals surface area contributed by atoms with Crippen molar-refractivity contribution in [3.63, 3.8) is 0 Å². The van der Waals surface area contributed by atoms with E-state index in [-0.39, 0.29) is 0 Å². The van der Waals surface area contributed by atoms with Crippen molar-refractivity contribution in [3.8, 4) is 0 Å². The van der Waals surface area contributed by atoms with Crippen LogP contribution in [0.3, 0.4) is 0 Å². The quantitative estimate of drug-likeness (QED) is 0.722. The fourth-order valence-corrected chi connectivity index (χ4v) is 2.22. The van der Waals surface area contributed by atoms with Gasteiger partial charge in [0.05, 0.1) is 0 Å². The van der Waals surface area contributed by atoms with Crippen molar-refractivity contribution in [2.24, 2.45) is 0 Å². The minimum Gasteiger partial charge on any atom is -0.244 e. The number of thioether (sulfide) groups is 1. The summed E-state index contributed by atoms with van der Waals surface area (Å²) in [6.45, 7) is 1.87. The molecule has 2 aromatic rings. The van der Waals surface area contributed by atoms with Gasteiger partial charge in [0.15, 0.2) is 4.34 Å². The van der Waals surface area contributed by atoms with Crippen LogP contribution in [0.2, 0.25) is 0 Å². The molecule has 0 atom stereocenters. The van der Waals surface area contributed by atoms with Crippen LogP contribution in [0.1, 0.15) is 11.4 Å². The van der Waals surface area contributed by atoms with E-state index < -0.39 is 0 Å². The van der Waals surface area contributed by atoms with E-state index in [4.69, 9.17) is 0 Å². The highest BCUT2D eigenvalue weighted by Gasteiger charge is 2.06. The summed E-state index contributed by atoms with van der Waals surface area (Å²) in [5.41, 5.74) is 3.40. The standard InChI is InChI=1S/C6H6N4OS2/c1-4-5(10-11-9-4)2-12-6-8-7-3-13-6/h3H,2H2,1H3. The van der Waals surface area contributed by atoms with Gasteiger partial charge in [-0.3, -0.25) is 0 Å². The summed E-state index contributed by atoms with van der Waals surface area (Å²) in [6, 6.07) is 0. The van der Waals surface area contributed by atoms with Gasteiger partial charge in [0.2, 0.25) is 0 Å². The molecule has 2 heterocycles. The van der Waals surface area contributed by atoms with Crippen LogP contribution >= 0.6 is 23.1 Å². The van der Waals surface area contributed by atoms with Crippen molar-refractivity contribution < 1.29 is 4.63 Å². The van der Waals surface area contributed by atoms with Crippen LogP contribution in [0.5, 0.6) is 0 Å². The van der Waals surface area contributed by atoms with Crippen molar-refractivity contribution >= 4 is 23.1 Å². The minimum absolute atomic E-state index is 0.727. The van der Waals surface area contributed by atoms with E-state index in [1.165, 1.54) is 11.3 Å². The number of hydrogen-bond acceptors (Lipinski definition) is 7. The largest absolute Gasteiger partial charge is 0.244 e. The molecule has 0 aliphatic rings. The second-order valence-electron chi connectivity index (χ2n) is 2.29. The fraction of sp³-hybridized carbons (Fsp3) is 0.333. The van der Waals surface area contributed by atoms with E-state index in [9.17, 15) is 0 Å². The van der Waals surface area contributed by atoms with Crippen LogP contribution in [0.4, 0.5) is 0 Å². The predicted octanol–water partition coefficient (Wildman–Crippen LogP) is 1.52. The van der Waals surface area contributed by atoms with Gasteiger partial charge in [0.1, 0.15) is 16.9 Å². The summed E-state index contributed by atoms with van der Waals surface area (Å²) in [5, 5.41) is 15.1. The first kappa shape index (κ1) is 8.64. The Balaban J connectivity index is 1.97. The third kappa shape index (κ3) is 2.04. The average molecular weight is 214 g/mol. The van der Waals surface area contributed by atoms with Gasteiger partial charge in [-0.15, -0.1) is 10.2 Å². The molecule has 0 aliphatic carbocycles. The maximum atomic E-state index is 4.57. The first-order chi connectivity index (χ1) is 6.36. The van der Waals surface area contributed by atoms with E-state index in [1.54, 1.807) is 17.3 Å². The molecular weight excluding hydrogens is 208 g/mol. The number of rotatable bonds is 3. The molecule has 68 valence electrons. The van der Waals surface area contributed by atoms with Gasteiger partial charge in [0, 0.05) is 5.75 Å². The molecule has 0 radical (unpaired) electrons. The molecule has 0 aromatic carbocycles. The van der Waals surface area contributed by atoms with Crippen molar-refractivity contribution in [3.05, 3.63) is 16.9 Å². The first-order valence-corrected chi connectivity index (χ1v) is 5.40. The zero-order valence-electron chi connectivity index (χ0n) is 6.80. The van der Waals surface area contributed by atoms with Crippen LogP contribution in [0.15, 0.2) is 14.5 Å². The highest BCUT2D eigenvalue weighted by Crippen LogP contribution is 2.23. The summed E-state index contributed by atoms with van der Waals surface area (Å²) in [6.07, 6.45) is 0. The summed E-state index contributed by atoms with van der Waals surface area (Å²) in [4.78, 5) is 0. The number of aryl methyl sites for hydroxylation is 1. The number of hydrogen-bond donors (Lipinski definition) is 0. The Bertz CT molecular complexity index is 372. The topological polar surface area (TPSA) is 64.7 Å². The van der Waals surface area contributed by atoms with Crippen molar-refractivity contribution in [1.82, 2.24) is 20.5 Å². The van der Waals surface area contributed by atoms with Crippen LogP contribution in [0.25, 0.3) is 0 Å². The van der Waals surface area contributed by atoms with Crippen LogP contribution in [-0.2, 0) is 5.75 Å². The molecular formula is C6H6N4OS2. The molecule has 7 heteroatoms. The monoisotopic (exact) mass is 214 g/mol. The lowest BCUT2D eigenvalue weighted by molar-refractivity contribution is 0.302. The van der Waals surface area contributed by atoms with Gasteiger partial charge >= 0.3 is 0 Å². The predicted molar refractivity (Wildman–Crippen MR) is 48.5 cm³/mol. The first-order valence-electron chi connectivity index (χ1n) is 3.53. The van der Waals surface area contributed by atoms with Gasteiger partial charge in [-0.2, -0.15) is 0 Å². The van der Waals surface area contributed by atoms with Crippen LogP contribution in [-0.4, -0.2) is 20.5 Å². The zero-order valence-corrected chi connectivity index (χ0v) is 8.43. The third-order valence-corrected chi connectivity index (χ3v) is 3.29. The molecule has 0 saturated heterocycles. The lowest BCUT2D eigenvalue weighted by Crippen LogP contribution is -1.83. The summed E-state index contributed by atoms with van der Waals surface area (Å²) >= 11 is 3.09. The summed E-state index contributed by atoms with van der Waals surface area (Å²) in [7, 11) is 0. The average Bonchev–Trinajstić information content (AvgIpc) is 2.72. The molecule has 0 fully saturated rings. The summed E-state index contributed by atoms with van der Waals surface area (Å²) < 4.78 is 5.50. The molecule has 0 unspecified atom stereocenters. The van der Waals surface area contributed by atoms with Gasteiger partial charge in [-0.25, -0.2) is 4.63 Å². The molecule has 0 N–H and O–H groups in total.